The first-order valence-corrected chi connectivity index (χ1v) is 6.97. The molecule has 0 atom stereocenters. The molecule has 120 valence electrons. The van der Waals surface area contributed by atoms with Gasteiger partial charge in [0.25, 0.3) is 5.91 Å². The van der Waals surface area contributed by atoms with E-state index in [1.54, 1.807) is 18.2 Å². The molecule has 0 fully saturated rings. The van der Waals surface area contributed by atoms with Gasteiger partial charge in [0.2, 0.25) is 0 Å². The smallest absolute Gasteiger partial charge is 0.262 e. The Morgan fingerprint density at radius 3 is 2.78 bits per heavy atom. The average Bonchev–Trinajstić information content (AvgIpc) is 2.54. The normalized spacial score (nSPS) is 10.5. The van der Waals surface area contributed by atoms with Crippen LogP contribution in [-0.2, 0) is 4.79 Å². The standard InChI is InChI=1S/C17H18N2O4/c1-12-4-3-5-14(8-12)19-17(20)11-23-15-7-6-13(10-18-21)9-16(15)22-2/h3-10,21H,11H2,1-2H3,(H,19,20)/b18-10+. The fraction of sp³-hybridized carbons (Fsp3) is 0.176. The molecular weight excluding hydrogens is 296 g/mol. The SMILES string of the molecule is COc1cc(/C=N/O)ccc1OCC(=O)Nc1cccc(C)c1. The lowest BCUT2D eigenvalue weighted by Gasteiger charge is -2.11. The van der Waals surface area contributed by atoms with Crippen molar-refractivity contribution >= 4 is 17.8 Å². The third-order valence-corrected chi connectivity index (χ3v) is 3.06. The van der Waals surface area contributed by atoms with Gasteiger partial charge in [-0.15, -0.1) is 0 Å². The van der Waals surface area contributed by atoms with Gasteiger partial charge in [0, 0.05) is 11.3 Å². The van der Waals surface area contributed by atoms with Crippen LogP contribution in [0.2, 0.25) is 0 Å². The second-order valence-electron chi connectivity index (χ2n) is 4.86. The Hall–Kier alpha value is -3.02. The van der Waals surface area contributed by atoms with Gasteiger partial charge in [-0.05, 0) is 42.8 Å². The summed E-state index contributed by atoms with van der Waals surface area (Å²) < 4.78 is 10.7. The van der Waals surface area contributed by atoms with Crippen molar-refractivity contribution in [2.75, 3.05) is 19.0 Å². The Balaban J connectivity index is 1.98. The summed E-state index contributed by atoms with van der Waals surface area (Å²) in [5.41, 5.74) is 2.44. The number of carbonyl (C=O) groups is 1. The summed E-state index contributed by atoms with van der Waals surface area (Å²) in [7, 11) is 1.49. The highest BCUT2D eigenvalue weighted by atomic mass is 16.5. The monoisotopic (exact) mass is 314 g/mol. The number of amides is 1. The van der Waals surface area contributed by atoms with Crippen LogP contribution in [0.15, 0.2) is 47.6 Å². The number of methoxy groups -OCH3 is 1. The second-order valence-corrected chi connectivity index (χ2v) is 4.86. The lowest BCUT2D eigenvalue weighted by atomic mass is 10.2. The maximum absolute atomic E-state index is 11.9. The van der Waals surface area contributed by atoms with Crippen molar-refractivity contribution in [2.24, 2.45) is 5.16 Å². The number of hydrogen-bond donors (Lipinski definition) is 2. The Bertz CT molecular complexity index is 713. The van der Waals surface area contributed by atoms with Gasteiger partial charge in [-0.1, -0.05) is 17.3 Å². The zero-order valence-electron chi connectivity index (χ0n) is 12.9. The summed E-state index contributed by atoms with van der Waals surface area (Å²) in [5, 5.41) is 14.2. The van der Waals surface area contributed by atoms with E-state index in [0.29, 0.717) is 17.1 Å². The van der Waals surface area contributed by atoms with E-state index in [2.05, 4.69) is 10.5 Å². The summed E-state index contributed by atoms with van der Waals surface area (Å²) in [5.74, 6) is 0.617. The van der Waals surface area contributed by atoms with Crippen molar-refractivity contribution in [2.45, 2.75) is 6.92 Å². The minimum atomic E-state index is -0.265. The molecule has 0 saturated heterocycles. The summed E-state index contributed by atoms with van der Waals surface area (Å²) in [6.45, 7) is 1.81. The predicted octanol–water partition coefficient (Wildman–Crippen LogP) is 2.83. The molecular formula is C17H18N2O4. The van der Waals surface area contributed by atoms with E-state index in [1.807, 2.05) is 31.2 Å². The van der Waals surface area contributed by atoms with Crippen LogP contribution in [-0.4, -0.2) is 31.0 Å². The van der Waals surface area contributed by atoms with Crippen molar-refractivity contribution in [3.05, 3.63) is 53.6 Å². The number of nitrogens with one attached hydrogen (secondary N) is 1. The van der Waals surface area contributed by atoms with Gasteiger partial charge >= 0.3 is 0 Å². The van der Waals surface area contributed by atoms with Crippen LogP contribution in [0.1, 0.15) is 11.1 Å². The van der Waals surface area contributed by atoms with Gasteiger partial charge in [-0.25, -0.2) is 0 Å². The third-order valence-electron chi connectivity index (χ3n) is 3.06. The van der Waals surface area contributed by atoms with Crippen LogP contribution in [0, 0.1) is 6.92 Å². The van der Waals surface area contributed by atoms with Gasteiger partial charge < -0.3 is 20.0 Å². The Labute approximate surface area is 134 Å². The number of oxime groups is 1. The Morgan fingerprint density at radius 1 is 1.26 bits per heavy atom. The lowest BCUT2D eigenvalue weighted by Crippen LogP contribution is -2.20. The van der Waals surface area contributed by atoms with Gasteiger partial charge in [-0.3, -0.25) is 4.79 Å². The van der Waals surface area contributed by atoms with E-state index >= 15 is 0 Å². The Kier molecular flexibility index (Phi) is 5.57. The van der Waals surface area contributed by atoms with Gasteiger partial charge in [0.05, 0.1) is 13.3 Å². The van der Waals surface area contributed by atoms with Crippen molar-refractivity contribution in [1.82, 2.24) is 0 Å². The van der Waals surface area contributed by atoms with Gasteiger partial charge in [0.1, 0.15) is 0 Å². The van der Waals surface area contributed by atoms with Crippen LogP contribution < -0.4 is 14.8 Å². The molecule has 0 aliphatic heterocycles. The third kappa shape index (κ3) is 4.74. The zero-order chi connectivity index (χ0) is 16.7. The van der Waals surface area contributed by atoms with Gasteiger partial charge in [0.15, 0.2) is 18.1 Å². The molecule has 0 aromatic heterocycles. The average molecular weight is 314 g/mol. The van der Waals surface area contributed by atoms with Crippen LogP contribution in [0.5, 0.6) is 11.5 Å². The number of nitrogens with zero attached hydrogens (tertiary/aromatic N) is 1. The van der Waals surface area contributed by atoms with Crippen LogP contribution in [0.3, 0.4) is 0 Å². The molecule has 0 radical (unpaired) electrons. The molecule has 2 rings (SSSR count). The minimum absolute atomic E-state index is 0.141. The quantitative estimate of drug-likeness (QED) is 0.488. The topological polar surface area (TPSA) is 80.2 Å². The maximum atomic E-state index is 11.9. The van der Waals surface area contributed by atoms with Crippen molar-refractivity contribution in [3.63, 3.8) is 0 Å². The van der Waals surface area contributed by atoms with Crippen LogP contribution in [0.4, 0.5) is 5.69 Å². The van der Waals surface area contributed by atoms with E-state index in [9.17, 15) is 4.79 Å². The molecule has 0 spiro atoms. The zero-order valence-corrected chi connectivity index (χ0v) is 12.9. The highest BCUT2D eigenvalue weighted by Gasteiger charge is 2.09. The first-order valence-electron chi connectivity index (χ1n) is 6.97. The molecule has 0 unspecified atom stereocenters. The number of hydrogen-bond acceptors (Lipinski definition) is 5. The minimum Gasteiger partial charge on any atom is -0.493 e. The number of anilines is 1. The van der Waals surface area contributed by atoms with Gasteiger partial charge in [-0.2, -0.15) is 0 Å². The number of rotatable bonds is 6. The molecule has 6 heteroatoms. The number of aryl methyl sites for hydroxylation is 1. The molecule has 0 aliphatic rings. The number of ether oxygens (including phenoxy) is 2. The number of benzene rings is 2. The van der Waals surface area contributed by atoms with E-state index in [1.165, 1.54) is 13.3 Å². The molecule has 1 amide bonds. The highest BCUT2D eigenvalue weighted by molar-refractivity contribution is 5.92. The second kappa shape index (κ2) is 7.84. The highest BCUT2D eigenvalue weighted by Crippen LogP contribution is 2.27. The molecule has 0 saturated carbocycles. The van der Waals surface area contributed by atoms with Crippen LogP contribution in [0.25, 0.3) is 0 Å². The molecule has 2 aromatic carbocycles. The molecule has 0 bridgehead atoms. The Morgan fingerprint density at radius 2 is 2.09 bits per heavy atom. The van der Waals surface area contributed by atoms with E-state index in [4.69, 9.17) is 14.7 Å². The molecule has 0 aliphatic carbocycles. The largest absolute Gasteiger partial charge is 0.493 e. The summed E-state index contributed by atoms with van der Waals surface area (Å²) in [4.78, 5) is 11.9. The summed E-state index contributed by atoms with van der Waals surface area (Å²) >= 11 is 0. The molecule has 23 heavy (non-hydrogen) atoms. The predicted molar refractivity (Wildman–Crippen MR) is 87.7 cm³/mol. The fourth-order valence-corrected chi connectivity index (χ4v) is 2.01. The molecule has 0 heterocycles. The van der Waals surface area contributed by atoms with Crippen molar-refractivity contribution in [3.8, 4) is 11.5 Å². The summed E-state index contributed by atoms with van der Waals surface area (Å²) in [6, 6.07) is 12.5. The number of carbonyl (C=O) groups excluding carboxylic acids is 1. The van der Waals surface area contributed by atoms with Crippen molar-refractivity contribution in [1.29, 1.82) is 0 Å². The maximum Gasteiger partial charge on any atom is 0.262 e. The van der Waals surface area contributed by atoms with E-state index in [-0.39, 0.29) is 12.5 Å². The lowest BCUT2D eigenvalue weighted by molar-refractivity contribution is -0.118. The van der Waals surface area contributed by atoms with Crippen LogP contribution >= 0.6 is 0 Å². The molecule has 2 N–H and O–H groups in total. The molecule has 2 aromatic rings. The van der Waals surface area contributed by atoms with E-state index in [0.717, 1.165) is 11.3 Å². The fourth-order valence-electron chi connectivity index (χ4n) is 2.01. The van der Waals surface area contributed by atoms with E-state index < -0.39 is 0 Å². The first kappa shape index (κ1) is 16.4. The summed E-state index contributed by atoms with van der Waals surface area (Å²) in [6.07, 6.45) is 1.27. The molecule has 6 nitrogen and oxygen atoms in total. The van der Waals surface area contributed by atoms with Crippen molar-refractivity contribution < 1.29 is 19.5 Å². The first-order chi connectivity index (χ1) is 11.1.